The molecule has 134 valence electrons. The summed E-state index contributed by atoms with van der Waals surface area (Å²) in [4.78, 5) is 0. The van der Waals surface area contributed by atoms with E-state index in [4.69, 9.17) is 0 Å². The molecule has 0 aromatic rings. The van der Waals surface area contributed by atoms with Gasteiger partial charge in [0.25, 0.3) is 0 Å². The van der Waals surface area contributed by atoms with Crippen molar-refractivity contribution in [2.75, 3.05) is 0 Å². The molecule has 0 aliphatic heterocycles. The van der Waals surface area contributed by atoms with Crippen molar-refractivity contribution in [1.29, 1.82) is 0 Å². The maximum absolute atomic E-state index is 2.49. The maximum atomic E-state index is 2.49. The summed E-state index contributed by atoms with van der Waals surface area (Å²) in [5.41, 5.74) is 0. The van der Waals surface area contributed by atoms with Crippen LogP contribution >= 0.6 is 0 Å². The second-order valence-electron chi connectivity index (χ2n) is 8.67. The van der Waals surface area contributed by atoms with Crippen molar-refractivity contribution in [3.05, 3.63) is 0 Å². The van der Waals surface area contributed by atoms with Crippen molar-refractivity contribution in [1.82, 2.24) is 0 Å². The third kappa shape index (κ3) is 11.6. The molecule has 0 aromatic carbocycles. The molecule has 4 atom stereocenters. The quantitative estimate of drug-likeness (QED) is 0.284. The van der Waals surface area contributed by atoms with Crippen molar-refractivity contribution in [3.8, 4) is 0 Å². The lowest BCUT2D eigenvalue weighted by atomic mass is 9.79. The minimum absolute atomic E-state index is 0.887. The highest BCUT2D eigenvalue weighted by atomic mass is 14.2. The summed E-state index contributed by atoms with van der Waals surface area (Å²) >= 11 is 0. The van der Waals surface area contributed by atoms with E-state index < -0.39 is 0 Å². The van der Waals surface area contributed by atoms with Crippen LogP contribution in [-0.4, -0.2) is 0 Å². The normalized spacial score (nSPS) is 17.5. The highest BCUT2D eigenvalue weighted by Gasteiger charge is 2.18. The SMILES string of the molecule is CCCC(C)C(C)CC(C)C(C)CCCCCCCC(C)C. The van der Waals surface area contributed by atoms with Gasteiger partial charge in [-0.25, -0.2) is 0 Å². The summed E-state index contributed by atoms with van der Waals surface area (Å²) < 4.78 is 0. The molecular formula is C22H46. The molecule has 0 N–H and O–H groups in total. The molecule has 0 nitrogen and oxygen atoms in total. The molecule has 0 aliphatic rings. The van der Waals surface area contributed by atoms with E-state index in [1.165, 1.54) is 64.2 Å². The average Bonchev–Trinajstić information content (AvgIpc) is 2.45. The van der Waals surface area contributed by atoms with Crippen LogP contribution in [-0.2, 0) is 0 Å². The fourth-order valence-electron chi connectivity index (χ4n) is 3.62. The van der Waals surface area contributed by atoms with Gasteiger partial charge in [-0.1, -0.05) is 106 Å². The van der Waals surface area contributed by atoms with Crippen LogP contribution < -0.4 is 0 Å². The van der Waals surface area contributed by atoms with E-state index in [-0.39, 0.29) is 0 Å². The predicted octanol–water partition coefficient (Wildman–Crippen LogP) is 8.11. The van der Waals surface area contributed by atoms with Gasteiger partial charge >= 0.3 is 0 Å². The minimum Gasteiger partial charge on any atom is -0.0654 e. The molecule has 4 unspecified atom stereocenters. The van der Waals surface area contributed by atoms with E-state index >= 15 is 0 Å². The molecule has 0 spiro atoms. The molecular weight excluding hydrogens is 264 g/mol. The molecule has 0 aliphatic carbocycles. The van der Waals surface area contributed by atoms with Crippen LogP contribution in [0.15, 0.2) is 0 Å². The zero-order valence-electron chi connectivity index (χ0n) is 17.0. The average molecular weight is 311 g/mol. The lowest BCUT2D eigenvalue weighted by molar-refractivity contribution is 0.243. The van der Waals surface area contributed by atoms with Crippen LogP contribution in [0.4, 0.5) is 0 Å². The molecule has 0 amide bonds. The Hall–Kier alpha value is 0. The van der Waals surface area contributed by atoms with Gasteiger partial charge in [-0.2, -0.15) is 0 Å². The molecule has 0 heteroatoms. The first-order valence-corrected chi connectivity index (χ1v) is 10.4. The van der Waals surface area contributed by atoms with Crippen molar-refractivity contribution in [2.45, 2.75) is 113 Å². The fraction of sp³-hybridized carbons (Fsp3) is 1.00. The van der Waals surface area contributed by atoms with Crippen LogP contribution in [0.25, 0.3) is 0 Å². The number of rotatable bonds is 14. The molecule has 0 bridgehead atoms. The van der Waals surface area contributed by atoms with E-state index in [9.17, 15) is 0 Å². The molecule has 0 aromatic heterocycles. The van der Waals surface area contributed by atoms with Gasteiger partial charge in [-0.15, -0.1) is 0 Å². The zero-order chi connectivity index (χ0) is 17.0. The number of hydrogen-bond acceptors (Lipinski definition) is 0. The highest BCUT2D eigenvalue weighted by molar-refractivity contribution is 4.69. The monoisotopic (exact) mass is 310 g/mol. The summed E-state index contributed by atoms with van der Waals surface area (Å²) in [6, 6.07) is 0. The second kappa shape index (κ2) is 13.4. The summed E-state index contributed by atoms with van der Waals surface area (Å²) in [6.45, 7) is 16.9. The molecule has 0 heterocycles. The first-order chi connectivity index (χ1) is 10.4. The van der Waals surface area contributed by atoms with Crippen molar-refractivity contribution in [2.24, 2.45) is 29.6 Å². The molecule has 0 saturated carbocycles. The lowest BCUT2D eigenvalue weighted by Gasteiger charge is -2.26. The number of hydrogen-bond donors (Lipinski definition) is 0. The Morgan fingerprint density at radius 2 is 0.955 bits per heavy atom. The Balaban J connectivity index is 3.67. The summed E-state index contributed by atoms with van der Waals surface area (Å²) in [7, 11) is 0. The van der Waals surface area contributed by atoms with E-state index in [1.54, 1.807) is 0 Å². The minimum atomic E-state index is 0.887. The van der Waals surface area contributed by atoms with Crippen molar-refractivity contribution >= 4 is 0 Å². The molecule has 22 heavy (non-hydrogen) atoms. The van der Waals surface area contributed by atoms with E-state index in [0.717, 1.165) is 29.6 Å². The van der Waals surface area contributed by atoms with Crippen LogP contribution in [0, 0.1) is 29.6 Å². The first kappa shape index (κ1) is 22.0. The summed E-state index contributed by atoms with van der Waals surface area (Å²) in [5.74, 6) is 4.49. The van der Waals surface area contributed by atoms with Crippen LogP contribution in [0.5, 0.6) is 0 Å². The first-order valence-electron chi connectivity index (χ1n) is 10.4. The third-order valence-corrected chi connectivity index (χ3v) is 5.87. The van der Waals surface area contributed by atoms with Gasteiger partial charge in [-0.3, -0.25) is 0 Å². The lowest BCUT2D eigenvalue weighted by Crippen LogP contribution is -2.16. The highest BCUT2D eigenvalue weighted by Crippen LogP contribution is 2.29. The van der Waals surface area contributed by atoms with Crippen LogP contribution in [0.1, 0.15) is 113 Å². The summed E-state index contributed by atoms with van der Waals surface area (Å²) in [6.07, 6.45) is 14.3. The molecule has 0 fully saturated rings. The molecule has 0 saturated heterocycles. The fourth-order valence-corrected chi connectivity index (χ4v) is 3.62. The predicted molar refractivity (Wildman–Crippen MR) is 103 cm³/mol. The Labute approximate surface area is 142 Å². The van der Waals surface area contributed by atoms with Gasteiger partial charge in [0.2, 0.25) is 0 Å². The Morgan fingerprint density at radius 1 is 0.500 bits per heavy atom. The van der Waals surface area contributed by atoms with Gasteiger partial charge in [0.15, 0.2) is 0 Å². The smallest absolute Gasteiger partial charge is 0.0414 e. The Morgan fingerprint density at radius 3 is 1.45 bits per heavy atom. The van der Waals surface area contributed by atoms with E-state index in [2.05, 4.69) is 48.5 Å². The van der Waals surface area contributed by atoms with Gasteiger partial charge in [0, 0.05) is 0 Å². The second-order valence-corrected chi connectivity index (χ2v) is 8.67. The number of unbranched alkanes of at least 4 members (excludes halogenated alkanes) is 4. The van der Waals surface area contributed by atoms with E-state index in [0.29, 0.717) is 0 Å². The molecule has 0 radical (unpaired) electrons. The third-order valence-electron chi connectivity index (χ3n) is 5.87. The van der Waals surface area contributed by atoms with Gasteiger partial charge in [0.1, 0.15) is 0 Å². The van der Waals surface area contributed by atoms with Gasteiger partial charge in [-0.05, 0) is 36.0 Å². The van der Waals surface area contributed by atoms with Gasteiger partial charge in [0.05, 0.1) is 0 Å². The Kier molecular flexibility index (Phi) is 13.4. The standard InChI is InChI=1S/C22H46/c1-8-14-19(4)21(6)17-22(7)20(5)16-13-11-9-10-12-15-18(2)3/h18-22H,8-17H2,1-7H3. The van der Waals surface area contributed by atoms with Crippen LogP contribution in [0.2, 0.25) is 0 Å². The summed E-state index contributed by atoms with van der Waals surface area (Å²) in [5, 5.41) is 0. The van der Waals surface area contributed by atoms with Crippen molar-refractivity contribution in [3.63, 3.8) is 0 Å². The topological polar surface area (TPSA) is 0 Å². The largest absolute Gasteiger partial charge is 0.0654 e. The van der Waals surface area contributed by atoms with E-state index in [1.807, 2.05) is 0 Å². The Bertz CT molecular complexity index is 230. The zero-order valence-corrected chi connectivity index (χ0v) is 17.0. The maximum Gasteiger partial charge on any atom is -0.0414 e. The molecule has 0 rings (SSSR count). The van der Waals surface area contributed by atoms with Crippen molar-refractivity contribution < 1.29 is 0 Å². The van der Waals surface area contributed by atoms with Gasteiger partial charge < -0.3 is 0 Å². The van der Waals surface area contributed by atoms with Crippen LogP contribution in [0.3, 0.4) is 0 Å².